The van der Waals surface area contributed by atoms with Crippen molar-refractivity contribution < 1.29 is 27.8 Å². The highest BCUT2D eigenvalue weighted by Gasteiger charge is 2.39. The molecule has 2 rings (SSSR count). The third kappa shape index (κ3) is 2.83. The fourth-order valence-electron chi connectivity index (χ4n) is 1.27. The van der Waals surface area contributed by atoms with E-state index in [1.807, 2.05) is 0 Å². The number of nitrogens with one attached hydrogen (secondary N) is 1. The summed E-state index contributed by atoms with van der Waals surface area (Å²) in [5.74, 6) is -0.432. The monoisotopic (exact) mass is 283 g/mol. The molecule has 0 spiro atoms. The first-order valence-corrected chi connectivity index (χ1v) is 4.65. The van der Waals surface area contributed by atoms with Crippen LogP contribution in [-0.4, -0.2) is 20.2 Å². The van der Waals surface area contributed by atoms with Crippen LogP contribution in [0.25, 0.3) is 11.4 Å². The van der Waals surface area contributed by atoms with Crippen LogP contribution >= 0.6 is 0 Å². The number of halogens is 6. The number of aromatic nitrogens is 4. The molecule has 2 aromatic rings. The molecule has 0 radical (unpaired) electrons. The second kappa shape index (κ2) is 4.21. The van der Waals surface area contributed by atoms with Crippen LogP contribution in [0.4, 0.5) is 26.3 Å². The van der Waals surface area contributed by atoms with E-state index in [0.717, 1.165) is 6.33 Å². The van der Waals surface area contributed by atoms with Crippen molar-refractivity contribution in [3.05, 3.63) is 29.8 Å². The summed E-state index contributed by atoms with van der Waals surface area (Å²) < 4.78 is 82.3. The highest BCUT2D eigenvalue weighted by atomic mass is 19.4. The number of alkyl halides is 6. The molecule has 0 unspecified atom stereocenters. The summed E-state index contributed by atoms with van der Waals surface area (Å²) in [6, 6.07) is 0.787. The first kappa shape index (κ1) is 11.9. The molecule has 0 aliphatic rings. The van der Waals surface area contributed by atoms with Crippen LogP contribution in [0.1, 0.15) is 11.4 Å². The zero-order valence-electron chi connectivity index (χ0n) is 9.79. The minimum Gasteiger partial charge on any atom is -0.265 e. The summed E-state index contributed by atoms with van der Waals surface area (Å²) in [6.07, 6.45) is -9.25. The van der Waals surface area contributed by atoms with Crippen LogP contribution in [-0.2, 0) is 12.4 Å². The van der Waals surface area contributed by atoms with E-state index >= 15 is 0 Å². The van der Waals surface area contributed by atoms with Crippen molar-refractivity contribution in [1.29, 1.82) is 0 Å². The summed E-state index contributed by atoms with van der Waals surface area (Å²) in [5, 5.41) is 3.75. The molecule has 0 amide bonds. The van der Waals surface area contributed by atoms with Crippen LogP contribution < -0.4 is 0 Å². The zero-order valence-corrected chi connectivity index (χ0v) is 8.79. The predicted molar refractivity (Wildman–Crippen MR) is 49.6 cm³/mol. The van der Waals surface area contributed by atoms with Gasteiger partial charge in [-0.05, 0) is 12.1 Å². The van der Waals surface area contributed by atoms with Crippen LogP contribution in [0.5, 0.6) is 0 Å². The van der Waals surface area contributed by atoms with E-state index in [1.165, 1.54) is 0 Å². The van der Waals surface area contributed by atoms with Gasteiger partial charge in [0.1, 0.15) is 17.7 Å². The lowest BCUT2D eigenvalue weighted by molar-refractivity contribution is -0.150. The lowest BCUT2D eigenvalue weighted by Crippen LogP contribution is -2.15. The van der Waals surface area contributed by atoms with Crippen molar-refractivity contribution >= 4 is 0 Å². The van der Waals surface area contributed by atoms with Gasteiger partial charge in [0.15, 0.2) is 7.24 Å². The number of aromatic amines is 1. The normalized spacial score (nSPS) is 13.5. The van der Waals surface area contributed by atoms with Crippen LogP contribution in [0.3, 0.4) is 0 Å². The predicted octanol–water partition coefficient (Wildman–Crippen LogP) is 2.90. The molecule has 4 nitrogen and oxygen atoms in total. The minimum absolute atomic E-state index is 0.393. The Kier molecular flexibility index (Phi) is 2.64. The summed E-state index contributed by atoms with van der Waals surface area (Å²) in [5.41, 5.74) is -3.93. The van der Waals surface area contributed by atoms with Crippen LogP contribution in [0.15, 0.2) is 18.5 Å². The average molecular weight is 283 g/mol. The third-order valence-corrected chi connectivity index (χ3v) is 2.05. The first-order valence-electron chi connectivity index (χ1n) is 5.10. The van der Waals surface area contributed by atoms with E-state index in [0.29, 0.717) is 17.2 Å². The Bertz CT molecular complexity index is 600. The van der Waals surface area contributed by atoms with Crippen LogP contribution in [0.2, 0.25) is 1.41 Å². The van der Waals surface area contributed by atoms with E-state index < -0.39 is 35.1 Å². The van der Waals surface area contributed by atoms with Gasteiger partial charge < -0.3 is 0 Å². The van der Waals surface area contributed by atoms with Gasteiger partial charge in [-0.3, -0.25) is 5.09 Å². The average Bonchev–Trinajstić information content (AvgIpc) is 2.73. The Balaban J connectivity index is 2.63. The van der Waals surface area contributed by atoms with E-state index in [9.17, 15) is 26.3 Å². The number of rotatable bonds is 1. The number of H-pyrrole nitrogens is 1. The van der Waals surface area contributed by atoms with Gasteiger partial charge in [0.25, 0.3) is 0 Å². The van der Waals surface area contributed by atoms with Gasteiger partial charge in [0.2, 0.25) is 0 Å². The van der Waals surface area contributed by atoms with E-state index in [4.69, 9.17) is 1.41 Å². The van der Waals surface area contributed by atoms with Gasteiger partial charge in [-0.25, -0.2) is 9.97 Å². The molecule has 102 valence electrons. The van der Waals surface area contributed by atoms with Crippen molar-refractivity contribution in [2.24, 2.45) is 0 Å². The third-order valence-electron chi connectivity index (χ3n) is 2.05. The Morgan fingerprint density at radius 1 is 1.00 bits per heavy atom. The quantitative estimate of drug-likeness (QED) is 0.819. The fourth-order valence-corrected chi connectivity index (χ4v) is 1.27. The summed E-state index contributed by atoms with van der Waals surface area (Å²) in [6.45, 7) is 0. The Hall–Kier alpha value is -2.13. The van der Waals surface area contributed by atoms with E-state index in [1.54, 1.807) is 0 Å². The summed E-state index contributed by atoms with van der Waals surface area (Å²) in [7, 11) is 0. The van der Waals surface area contributed by atoms with Gasteiger partial charge >= 0.3 is 12.4 Å². The maximum absolute atomic E-state index is 12.5. The highest BCUT2D eigenvalue weighted by Crippen LogP contribution is 2.35. The fraction of sp³-hybridized carbons (Fsp3) is 0.222. The molecule has 0 aliphatic carbocycles. The first-order chi connectivity index (χ1) is 9.07. The molecule has 2 heterocycles. The Morgan fingerprint density at radius 2 is 1.53 bits per heavy atom. The molecular formula is C9H4F6N4. The van der Waals surface area contributed by atoms with Crippen molar-refractivity contribution in [2.75, 3.05) is 0 Å². The second-order valence-corrected chi connectivity index (χ2v) is 3.41. The molecule has 0 saturated carbocycles. The molecule has 0 saturated heterocycles. The molecule has 10 heteroatoms. The SMILES string of the molecule is [2H]n1cnc(-c2cc(C(F)(F)F)nc(C(F)(F)F)c2)n1. The van der Waals surface area contributed by atoms with Crippen LogP contribution in [0, 0.1) is 0 Å². The Morgan fingerprint density at radius 3 is 1.89 bits per heavy atom. The number of pyridine rings is 1. The molecule has 1 N–H and O–H groups in total. The van der Waals surface area contributed by atoms with Crippen molar-refractivity contribution in [1.82, 2.24) is 20.2 Å². The van der Waals surface area contributed by atoms with Gasteiger partial charge in [-0.1, -0.05) is 0 Å². The van der Waals surface area contributed by atoms with Crippen molar-refractivity contribution in [3.8, 4) is 11.4 Å². The molecule has 2 aromatic heterocycles. The van der Waals surface area contributed by atoms with E-state index in [-0.39, 0.29) is 0 Å². The molecule has 0 bridgehead atoms. The Labute approximate surface area is 103 Å². The largest absolute Gasteiger partial charge is 0.433 e. The second-order valence-electron chi connectivity index (χ2n) is 3.41. The maximum atomic E-state index is 12.5. The summed E-state index contributed by atoms with van der Waals surface area (Å²) in [4.78, 5) is 5.98. The van der Waals surface area contributed by atoms with Gasteiger partial charge in [-0.2, -0.15) is 31.4 Å². The number of nitrogens with zero attached hydrogens (tertiary/aromatic N) is 3. The zero-order chi connectivity index (χ0) is 15.1. The van der Waals surface area contributed by atoms with Gasteiger partial charge in [0, 0.05) is 5.56 Å². The topological polar surface area (TPSA) is 54.5 Å². The highest BCUT2D eigenvalue weighted by molar-refractivity contribution is 5.55. The lowest BCUT2D eigenvalue weighted by atomic mass is 10.1. The molecule has 0 atom stereocenters. The molecular weight excluding hydrogens is 278 g/mol. The molecule has 0 aromatic carbocycles. The van der Waals surface area contributed by atoms with Crippen molar-refractivity contribution in [3.63, 3.8) is 0 Å². The lowest BCUT2D eigenvalue weighted by Gasteiger charge is -2.11. The smallest absolute Gasteiger partial charge is 0.265 e. The molecule has 0 fully saturated rings. The number of hydrogen-bond acceptors (Lipinski definition) is 3. The number of hydrogen-bond donors (Lipinski definition) is 1. The maximum Gasteiger partial charge on any atom is 0.433 e. The molecule has 0 aliphatic heterocycles. The standard InChI is InChI=1S/C9H4F6N4/c10-8(11,12)5-1-4(7-16-3-17-19-7)2-6(18-5)9(13,14)15/h1-3H,(H,16,17,19)/i/hD. The van der Waals surface area contributed by atoms with Gasteiger partial charge in [0.05, 0.1) is 0 Å². The van der Waals surface area contributed by atoms with Gasteiger partial charge in [-0.15, -0.1) is 0 Å². The molecule has 19 heavy (non-hydrogen) atoms. The minimum atomic E-state index is -5.04. The van der Waals surface area contributed by atoms with Crippen molar-refractivity contribution in [2.45, 2.75) is 12.4 Å². The van der Waals surface area contributed by atoms with E-state index in [2.05, 4.69) is 15.1 Å². The summed E-state index contributed by atoms with van der Waals surface area (Å²) >= 11 is 0.